The molecule has 2 heterocycles. The maximum Gasteiger partial charge on any atom is 0.261 e. The Balaban J connectivity index is 1.64. The van der Waals surface area contributed by atoms with Crippen molar-refractivity contribution in [2.45, 2.75) is 32.0 Å². The molecule has 2 amide bonds. The Morgan fingerprint density at radius 3 is 2.72 bits per heavy atom. The van der Waals surface area contributed by atoms with Gasteiger partial charge in [0.2, 0.25) is 6.10 Å². The molecule has 2 aliphatic heterocycles. The van der Waals surface area contributed by atoms with Crippen molar-refractivity contribution in [3.63, 3.8) is 0 Å². The van der Waals surface area contributed by atoms with Crippen LogP contribution in [0.4, 0.5) is 0 Å². The molecule has 2 atom stereocenters. The fourth-order valence-corrected chi connectivity index (χ4v) is 3.58. The molecule has 1 aromatic rings. The smallest absolute Gasteiger partial charge is 0.261 e. The summed E-state index contributed by atoms with van der Waals surface area (Å²) in [5.41, 5.74) is 1.28. The van der Waals surface area contributed by atoms with E-state index in [1.807, 2.05) is 11.0 Å². The highest BCUT2D eigenvalue weighted by atomic mass is 16.5. The van der Waals surface area contributed by atoms with Crippen molar-refractivity contribution < 1.29 is 14.3 Å². The van der Waals surface area contributed by atoms with E-state index in [1.165, 1.54) is 5.56 Å². The molecule has 0 saturated carbocycles. The lowest BCUT2D eigenvalue weighted by Crippen LogP contribution is -2.56. The van der Waals surface area contributed by atoms with E-state index in [0.29, 0.717) is 19.7 Å². The van der Waals surface area contributed by atoms with Gasteiger partial charge in [-0.1, -0.05) is 30.3 Å². The van der Waals surface area contributed by atoms with Gasteiger partial charge in [0, 0.05) is 45.8 Å². The molecule has 3 rings (SSSR count). The summed E-state index contributed by atoms with van der Waals surface area (Å²) in [7, 11) is 1.72. The largest absolute Gasteiger partial charge is 0.357 e. The summed E-state index contributed by atoms with van der Waals surface area (Å²) in [4.78, 5) is 30.9. The van der Waals surface area contributed by atoms with Gasteiger partial charge in [0.25, 0.3) is 11.8 Å². The molecular formula is C19H27N3O3. The van der Waals surface area contributed by atoms with Gasteiger partial charge >= 0.3 is 0 Å². The van der Waals surface area contributed by atoms with Gasteiger partial charge < -0.3 is 14.5 Å². The second-order valence-electron chi connectivity index (χ2n) is 6.97. The number of ether oxygens (including phenoxy) is 1. The van der Waals surface area contributed by atoms with Crippen LogP contribution in [0.1, 0.15) is 18.9 Å². The SMILES string of the molecule is CC1CN(Cc2ccccc2)CCCN1C(=O)C1OCCN(C)C1=O. The van der Waals surface area contributed by atoms with Crippen LogP contribution in [0.5, 0.6) is 0 Å². The van der Waals surface area contributed by atoms with Crippen molar-refractivity contribution >= 4 is 11.8 Å². The Labute approximate surface area is 149 Å². The zero-order valence-electron chi connectivity index (χ0n) is 15.1. The summed E-state index contributed by atoms with van der Waals surface area (Å²) < 4.78 is 5.49. The topological polar surface area (TPSA) is 53.1 Å². The van der Waals surface area contributed by atoms with E-state index in [1.54, 1.807) is 11.9 Å². The zero-order valence-corrected chi connectivity index (χ0v) is 15.1. The highest BCUT2D eigenvalue weighted by molar-refractivity contribution is 6.03. The third kappa shape index (κ3) is 4.19. The first-order valence-corrected chi connectivity index (χ1v) is 8.99. The molecule has 0 radical (unpaired) electrons. The lowest BCUT2D eigenvalue weighted by Gasteiger charge is -2.35. The number of benzene rings is 1. The number of hydrogen-bond acceptors (Lipinski definition) is 4. The first-order chi connectivity index (χ1) is 12.1. The van der Waals surface area contributed by atoms with Crippen molar-refractivity contribution in [3.05, 3.63) is 35.9 Å². The third-order valence-corrected chi connectivity index (χ3v) is 5.00. The first-order valence-electron chi connectivity index (χ1n) is 8.99. The van der Waals surface area contributed by atoms with E-state index in [9.17, 15) is 9.59 Å². The van der Waals surface area contributed by atoms with Crippen LogP contribution in [-0.4, -0.2) is 78.5 Å². The second-order valence-corrected chi connectivity index (χ2v) is 6.97. The maximum absolute atomic E-state index is 12.9. The van der Waals surface area contributed by atoms with Gasteiger partial charge in [-0.3, -0.25) is 14.5 Å². The Morgan fingerprint density at radius 1 is 1.20 bits per heavy atom. The van der Waals surface area contributed by atoms with Crippen LogP contribution < -0.4 is 0 Å². The number of likely N-dealkylation sites (N-methyl/N-ethyl adjacent to an activating group) is 1. The molecule has 2 unspecified atom stereocenters. The summed E-state index contributed by atoms with van der Waals surface area (Å²) in [5.74, 6) is -0.417. The number of carbonyl (C=O) groups is 2. The van der Waals surface area contributed by atoms with Gasteiger partial charge in [0.1, 0.15) is 0 Å². The van der Waals surface area contributed by atoms with Gasteiger partial charge in [-0.15, -0.1) is 0 Å². The van der Waals surface area contributed by atoms with Crippen LogP contribution in [0.3, 0.4) is 0 Å². The normalized spacial score (nSPS) is 25.8. The fourth-order valence-electron chi connectivity index (χ4n) is 3.58. The van der Waals surface area contributed by atoms with Crippen LogP contribution in [0.25, 0.3) is 0 Å². The van der Waals surface area contributed by atoms with Crippen LogP contribution in [0.15, 0.2) is 30.3 Å². The minimum atomic E-state index is -0.970. The minimum Gasteiger partial charge on any atom is -0.357 e. The van der Waals surface area contributed by atoms with Gasteiger partial charge in [-0.2, -0.15) is 0 Å². The molecule has 6 nitrogen and oxygen atoms in total. The van der Waals surface area contributed by atoms with Crippen molar-refractivity contribution in [3.8, 4) is 0 Å². The van der Waals surface area contributed by atoms with E-state index in [-0.39, 0.29) is 17.9 Å². The monoisotopic (exact) mass is 345 g/mol. The molecule has 0 N–H and O–H groups in total. The number of nitrogens with zero attached hydrogens (tertiary/aromatic N) is 3. The summed E-state index contributed by atoms with van der Waals surface area (Å²) in [6.07, 6.45) is -0.0680. The average Bonchev–Trinajstić information content (AvgIpc) is 2.79. The number of carbonyl (C=O) groups excluding carboxylic acids is 2. The number of hydrogen-bond donors (Lipinski definition) is 0. The summed E-state index contributed by atoms with van der Waals surface area (Å²) in [6.45, 7) is 6.32. The lowest BCUT2D eigenvalue weighted by molar-refractivity contribution is -0.165. The molecule has 2 fully saturated rings. The van der Waals surface area contributed by atoms with E-state index in [0.717, 1.165) is 26.1 Å². The van der Waals surface area contributed by atoms with Crippen molar-refractivity contribution in [1.82, 2.24) is 14.7 Å². The highest BCUT2D eigenvalue weighted by Crippen LogP contribution is 2.17. The Hall–Kier alpha value is -1.92. The summed E-state index contributed by atoms with van der Waals surface area (Å²) >= 11 is 0. The van der Waals surface area contributed by atoms with Crippen LogP contribution in [-0.2, 0) is 20.9 Å². The Kier molecular flexibility index (Phi) is 5.71. The Bertz CT molecular complexity index is 607. The third-order valence-electron chi connectivity index (χ3n) is 5.00. The van der Waals surface area contributed by atoms with E-state index >= 15 is 0 Å². The highest BCUT2D eigenvalue weighted by Gasteiger charge is 2.38. The van der Waals surface area contributed by atoms with Crippen LogP contribution in [0.2, 0.25) is 0 Å². The van der Waals surface area contributed by atoms with Gasteiger partial charge in [-0.25, -0.2) is 0 Å². The number of morpholine rings is 1. The van der Waals surface area contributed by atoms with Crippen molar-refractivity contribution in [2.75, 3.05) is 39.8 Å². The minimum absolute atomic E-state index is 0.0577. The predicted octanol–water partition coefficient (Wildman–Crippen LogP) is 0.967. The van der Waals surface area contributed by atoms with Crippen molar-refractivity contribution in [1.29, 1.82) is 0 Å². The molecule has 0 aromatic heterocycles. The van der Waals surface area contributed by atoms with Gasteiger partial charge in [0.05, 0.1) is 6.61 Å². The number of amides is 2. The molecule has 136 valence electrons. The van der Waals surface area contributed by atoms with E-state index < -0.39 is 6.10 Å². The molecule has 0 aliphatic carbocycles. The van der Waals surface area contributed by atoms with E-state index in [2.05, 4.69) is 36.1 Å². The molecular weight excluding hydrogens is 318 g/mol. The second kappa shape index (κ2) is 7.97. The molecule has 0 bridgehead atoms. The molecule has 2 aliphatic rings. The zero-order chi connectivity index (χ0) is 17.8. The molecule has 1 aromatic carbocycles. The maximum atomic E-state index is 12.9. The quantitative estimate of drug-likeness (QED) is 0.766. The fraction of sp³-hybridized carbons (Fsp3) is 0.579. The molecule has 0 spiro atoms. The standard InChI is InChI=1S/C19H27N3O3/c1-15-13-21(14-16-7-4-3-5-8-16)9-6-10-22(15)19(24)17-18(23)20(2)11-12-25-17/h3-5,7-8,15,17H,6,9-14H2,1-2H3. The lowest BCUT2D eigenvalue weighted by atomic mass is 10.1. The van der Waals surface area contributed by atoms with Crippen molar-refractivity contribution in [2.24, 2.45) is 0 Å². The van der Waals surface area contributed by atoms with E-state index in [4.69, 9.17) is 4.74 Å². The number of rotatable bonds is 3. The van der Waals surface area contributed by atoms with Gasteiger partial charge in [0.15, 0.2) is 0 Å². The van der Waals surface area contributed by atoms with Gasteiger partial charge in [-0.05, 0) is 18.9 Å². The first kappa shape index (κ1) is 17.9. The summed E-state index contributed by atoms with van der Waals surface area (Å²) in [5, 5.41) is 0. The molecule has 2 saturated heterocycles. The molecule has 6 heteroatoms. The summed E-state index contributed by atoms with van der Waals surface area (Å²) in [6, 6.07) is 10.4. The Morgan fingerprint density at radius 2 is 1.96 bits per heavy atom. The van der Waals surface area contributed by atoms with Crippen LogP contribution in [0, 0.1) is 0 Å². The average molecular weight is 345 g/mol. The molecule has 25 heavy (non-hydrogen) atoms. The van der Waals surface area contributed by atoms with Crippen LogP contribution >= 0.6 is 0 Å². The predicted molar refractivity (Wildman–Crippen MR) is 94.9 cm³/mol.